The smallest absolute Gasteiger partial charge is 0.127 e. The van der Waals surface area contributed by atoms with E-state index >= 15 is 0 Å². The van der Waals surface area contributed by atoms with Crippen LogP contribution in [0.15, 0.2) is 22.7 Å². The molecule has 0 amide bonds. The molecule has 4 heteroatoms. The fourth-order valence-corrected chi connectivity index (χ4v) is 3.45. The highest BCUT2D eigenvalue weighted by Gasteiger charge is 2.26. The van der Waals surface area contributed by atoms with Crippen LogP contribution >= 0.6 is 15.9 Å². The number of hydrogen-bond donors (Lipinski definition) is 2. The largest absolute Gasteiger partial charge is 0.496 e. The molecule has 1 fully saturated rings. The molecule has 0 radical (unpaired) electrons. The summed E-state index contributed by atoms with van der Waals surface area (Å²) < 4.78 is 6.61. The standard InChI is InChI=1S/C16H25BrN2O/c1-4-13(2)19-9-7-18(8-10-19)12-14-11-15(17)5-6-16(14)20-3/h5-6,11,13H,4,7-10,12H2,1-3H3/p+2. The molecule has 1 aromatic rings. The highest BCUT2D eigenvalue weighted by Crippen LogP contribution is 2.22. The van der Waals surface area contributed by atoms with Gasteiger partial charge in [0, 0.05) is 10.0 Å². The second-order valence-electron chi connectivity index (χ2n) is 5.85. The molecule has 1 aromatic carbocycles. The van der Waals surface area contributed by atoms with Gasteiger partial charge in [-0.05, 0) is 31.5 Å². The fourth-order valence-electron chi connectivity index (χ4n) is 3.04. The van der Waals surface area contributed by atoms with E-state index in [4.69, 9.17) is 4.74 Å². The number of methoxy groups -OCH3 is 1. The number of ether oxygens (including phenoxy) is 1. The summed E-state index contributed by atoms with van der Waals surface area (Å²) in [7, 11) is 1.76. The summed E-state index contributed by atoms with van der Waals surface area (Å²) in [6.07, 6.45) is 1.28. The van der Waals surface area contributed by atoms with Gasteiger partial charge < -0.3 is 14.5 Å². The maximum Gasteiger partial charge on any atom is 0.127 e. The van der Waals surface area contributed by atoms with Crippen LogP contribution in [0.1, 0.15) is 25.8 Å². The van der Waals surface area contributed by atoms with Crippen molar-refractivity contribution in [2.24, 2.45) is 0 Å². The van der Waals surface area contributed by atoms with Gasteiger partial charge >= 0.3 is 0 Å². The van der Waals surface area contributed by atoms with Gasteiger partial charge in [0.1, 0.15) is 38.5 Å². The molecule has 2 N–H and O–H groups in total. The third kappa shape index (κ3) is 3.96. The number of piperazine rings is 1. The maximum atomic E-state index is 5.48. The van der Waals surface area contributed by atoms with Gasteiger partial charge in [0.25, 0.3) is 0 Å². The predicted octanol–water partition coefficient (Wildman–Crippen LogP) is 0.540. The van der Waals surface area contributed by atoms with Crippen molar-refractivity contribution in [2.45, 2.75) is 32.9 Å². The lowest BCUT2D eigenvalue weighted by Crippen LogP contribution is -3.29. The molecule has 20 heavy (non-hydrogen) atoms. The van der Waals surface area contributed by atoms with E-state index in [0.717, 1.165) is 22.8 Å². The zero-order chi connectivity index (χ0) is 14.5. The molecule has 3 nitrogen and oxygen atoms in total. The number of rotatable bonds is 5. The minimum Gasteiger partial charge on any atom is -0.496 e. The first-order valence-corrected chi connectivity index (χ1v) is 8.44. The van der Waals surface area contributed by atoms with E-state index in [0.29, 0.717) is 0 Å². The highest BCUT2D eigenvalue weighted by molar-refractivity contribution is 9.10. The first-order chi connectivity index (χ1) is 9.63. The van der Waals surface area contributed by atoms with E-state index in [1.807, 2.05) is 6.07 Å². The summed E-state index contributed by atoms with van der Waals surface area (Å²) in [6, 6.07) is 7.10. The third-order valence-electron chi connectivity index (χ3n) is 4.59. The fraction of sp³-hybridized carbons (Fsp3) is 0.625. The molecule has 2 rings (SSSR count). The second kappa shape index (κ2) is 7.43. The Hall–Kier alpha value is -0.580. The van der Waals surface area contributed by atoms with Gasteiger partial charge in [-0.3, -0.25) is 0 Å². The first kappa shape index (κ1) is 15.8. The minimum atomic E-state index is 0.803. The number of quaternary nitrogens is 2. The maximum absolute atomic E-state index is 5.48. The summed E-state index contributed by atoms with van der Waals surface area (Å²) in [5, 5.41) is 0. The molecule has 112 valence electrons. The van der Waals surface area contributed by atoms with Crippen LogP contribution in [0.25, 0.3) is 0 Å². The number of nitrogens with one attached hydrogen (secondary N) is 2. The number of benzene rings is 1. The molecule has 1 atom stereocenters. The normalized spacial score (nSPS) is 24.4. The zero-order valence-corrected chi connectivity index (χ0v) is 14.4. The average molecular weight is 343 g/mol. The Morgan fingerprint density at radius 3 is 2.55 bits per heavy atom. The van der Waals surface area contributed by atoms with Crippen molar-refractivity contribution >= 4 is 15.9 Å². The lowest BCUT2D eigenvalue weighted by Gasteiger charge is -2.33. The van der Waals surface area contributed by atoms with E-state index in [1.54, 1.807) is 16.9 Å². The summed E-state index contributed by atoms with van der Waals surface area (Å²) in [6.45, 7) is 10.8. The molecule has 1 aliphatic heterocycles. The third-order valence-corrected chi connectivity index (χ3v) is 5.08. The Morgan fingerprint density at radius 1 is 1.25 bits per heavy atom. The molecular formula is C16H27BrN2O+2. The molecule has 0 aromatic heterocycles. The van der Waals surface area contributed by atoms with Crippen LogP contribution in [0.3, 0.4) is 0 Å². The van der Waals surface area contributed by atoms with Crippen molar-refractivity contribution in [1.82, 2.24) is 0 Å². The van der Waals surface area contributed by atoms with Gasteiger partial charge in [0.15, 0.2) is 0 Å². The van der Waals surface area contributed by atoms with Crippen molar-refractivity contribution < 1.29 is 14.5 Å². The predicted molar refractivity (Wildman–Crippen MR) is 85.5 cm³/mol. The lowest BCUT2D eigenvalue weighted by atomic mass is 10.1. The van der Waals surface area contributed by atoms with Crippen LogP contribution in [0.5, 0.6) is 5.75 Å². The molecule has 1 aliphatic rings. The van der Waals surface area contributed by atoms with Crippen molar-refractivity contribution in [3.8, 4) is 5.75 Å². The number of halogens is 1. The summed E-state index contributed by atoms with van der Waals surface area (Å²) in [5.41, 5.74) is 1.31. The van der Waals surface area contributed by atoms with Crippen LogP contribution < -0.4 is 14.5 Å². The van der Waals surface area contributed by atoms with Gasteiger partial charge in [-0.2, -0.15) is 0 Å². The van der Waals surface area contributed by atoms with Gasteiger partial charge in [0.2, 0.25) is 0 Å². The van der Waals surface area contributed by atoms with Crippen LogP contribution in [-0.4, -0.2) is 39.3 Å². The van der Waals surface area contributed by atoms with Crippen LogP contribution in [0.2, 0.25) is 0 Å². The van der Waals surface area contributed by atoms with Crippen molar-refractivity contribution in [3.63, 3.8) is 0 Å². The van der Waals surface area contributed by atoms with Gasteiger partial charge in [-0.25, -0.2) is 0 Å². The molecule has 1 saturated heterocycles. The summed E-state index contributed by atoms with van der Waals surface area (Å²) in [5.74, 6) is 1.01. The molecule has 0 aliphatic carbocycles. The molecule has 0 bridgehead atoms. The number of hydrogen-bond acceptors (Lipinski definition) is 1. The summed E-state index contributed by atoms with van der Waals surface area (Å²) in [4.78, 5) is 3.45. The van der Waals surface area contributed by atoms with Crippen LogP contribution in [0.4, 0.5) is 0 Å². The van der Waals surface area contributed by atoms with E-state index in [2.05, 4.69) is 41.9 Å². The van der Waals surface area contributed by atoms with E-state index in [9.17, 15) is 0 Å². The molecule has 0 spiro atoms. The monoisotopic (exact) mass is 342 g/mol. The van der Waals surface area contributed by atoms with Crippen molar-refractivity contribution in [3.05, 3.63) is 28.2 Å². The molecule has 1 heterocycles. The molecular weight excluding hydrogens is 316 g/mol. The first-order valence-electron chi connectivity index (χ1n) is 7.64. The Bertz CT molecular complexity index is 430. The topological polar surface area (TPSA) is 18.1 Å². The summed E-state index contributed by atoms with van der Waals surface area (Å²) >= 11 is 3.56. The SMILES string of the molecule is CCC(C)[NH+]1CC[NH+](Cc2cc(Br)ccc2OC)CC1. The van der Waals surface area contributed by atoms with E-state index in [-0.39, 0.29) is 0 Å². The molecule has 1 unspecified atom stereocenters. The van der Waals surface area contributed by atoms with Gasteiger partial charge in [0.05, 0.1) is 13.2 Å². The van der Waals surface area contributed by atoms with Crippen LogP contribution in [-0.2, 0) is 6.54 Å². The van der Waals surface area contributed by atoms with Crippen LogP contribution in [0, 0.1) is 0 Å². The van der Waals surface area contributed by atoms with Crippen molar-refractivity contribution in [2.75, 3.05) is 33.3 Å². The average Bonchev–Trinajstić information content (AvgIpc) is 2.47. The zero-order valence-electron chi connectivity index (χ0n) is 12.8. The lowest BCUT2D eigenvalue weighted by molar-refractivity contribution is -1.03. The van der Waals surface area contributed by atoms with Gasteiger partial charge in [-0.1, -0.05) is 22.9 Å². The minimum absolute atomic E-state index is 0.803. The van der Waals surface area contributed by atoms with Gasteiger partial charge in [-0.15, -0.1) is 0 Å². The Balaban J connectivity index is 1.94. The molecule has 0 saturated carbocycles. The van der Waals surface area contributed by atoms with Crippen molar-refractivity contribution in [1.29, 1.82) is 0 Å². The highest BCUT2D eigenvalue weighted by atomic mass is 79.9. The van der Waals surface area contributed by atoms with E-state index < -0.39 is 0 Å². The Kier molecular flexibility index (Phi) is 5.87. The van der Waals surface area contributed by atoms with E-state index in [1.165, 1.54) is 38.2 Å². The quantitative estimate of drug-likeness (QED) is 0.799. The second-order valence-corrected chi connectivity index (χ2v) is 6.77. The Labute approximate surface area is 131 Å². The Morgan fingerprint density at radius 2 is 1.95 bits per heavy atom.